The molecule has 0 saturated carbocycles. The molecule has 0 aliphatic carbocycles. The summed E-state index contributed by atoms with van der Waals surface area (Å²) in [5, 5.41) is 8.35. The Morgan fingerprint density at radius 3 is 2.50 bits per heavy atom. The maximum Gasteiger partial charge on any atom is 0.225 e. The van der Waals surface area contributed by atoms with Crippen LogP contribution in [0.2, 0.25) is 5.28 Å². The van der Waals surface area contributed by atoms with Crippen LogP contribution in [0.25, 0.3) is 0 Å². The molecule has 0 atom stereocenters. The third-order valence-electron chi connectivity index (χ3n) is 2.79. The Morgan fingerprint density at radius 2 is 1.89 bits per heavy atom. The van der Waals surface area contributed by atoms with E-state index in [1.165, 1.54) is 12.1 Å². The zero-order valence-electron chi connectivity index (χ0n) is 10.4. The minimum atomic E-state index is -0.219. The van der Waals surface area contributed by atoms with Gasteiger partial charge >= 0.3 is 0 Å². The largest absolute Gasteiger partial charge is 0.301 e. The van der Waals surface area contributed by atoms with E-state index in [9.17, 15) is 4.39 Å². The van der Waals surface area contributed by atoms with Crippen LogP contribution in [0, 0.1) is 5.82 Å². The second-order valence-corrected chi connectivity index (χ2v) is 4.85. The van der Waals surface area contributed by atoms with Gasteiger partial charge in [0.15, 0.2) is 0 Å². The van der Waals surface area contributed by atoms with Crippen molar-refractivity contribution in [2.75, 3.05) is 0 Å². The van der Waals surface area contributed by atoms with E-state index < -0.39 is 0 Å². The van der Waals surface area contributed by atoms with Gasteiger partial charge in [0.25, 0.3) is 0 Å². The molecule has 0 N–H and O–H groups in total. The topological polar surface area (TPSA) is 30.7 Å². The highest BCUT2D eigenvalue weighted by Gasteiger charge is 2.12. The van der Waals surface area contributed by atoms with Crippen LogP contribution >= 0.6 is 11.6 Å². The number of hydrogen-bond donors (Lipinski definition) is 0. The lowest BCUT2D eigenvalue weighted by molar-refractivity contribution is 0.614. The highest BCUT2D eigenvalue weighted by atomic mass is 35.5. The van der Waals surface area contributed by atoms with Crippen LogP contribution in [0.3, 0.4) is 0 Å². The molecule has 0 amide bonds. The first kappa shape index (κ1) is 13.0. The number of aromatic nitrogens is 3. The zero-order valence-corrected chi connectivity index (χ0v) is 11.2. The van der Waals surface area contributed by atoms with Crippen molar-refractivity contribution >= 4 is 11.6 Å². The molecular weight excluding hydrogens is 253 g/mol. The van der Waals surface area contributed by atoms with Gasteiger partial charge in [-0.05, 0) is 35.7 Å². The average molecular weight is 268 g/mol. The van der Waals surface area contributed by atoms with Gasteiger partial charge in [-0.15, -0.1) is 10.2 Å². The molecule has 1 aromatic heterocycles. The Hall–Kier alpha value is -1.42. The normalized spacial score (nSPS) is 11.2. The quantitative estimate of drug-likeness (QED) is 0.850. The van der Waals surface area contributed by atoms with E-state index in [-0.39, 0.29) is 11.7 Å². The second-order valence-electron chi connectivity index (χ2n) is 4.51. The van der Waals surface area contributed by atoms with E-state index in [0.717, 1.165) is 17.8 Å². The summed E-state index contributed by atoms with van der Waals surface area (Å²) in [7, 11) is 0. The SMILES string of the molecule is CC(C)c1nnc(Cl)n1CCc1ccc(F)cc1. The number of halogens is 2. The molecule has 1 heterocycles. The Balaban J connectivity index is 2.10. The van der Waals surface area contributed by atoms with Crippen LogP contribution < -0.4 is 0 Å². The first-order chi connectivity index (χ1) is 8.58. The van der Waals surface area contributed by atoms with Gasteiger partial charge in [-0.2, -0.15) is 0 Å². The van der Waals surface area contributed by atoms with Crippen molar-refractivity contribution in [2.45, 2.75) is 32.7 Å². The van der Waals surface area contributed by atoms with Gasteiger partial charge in [0, 0.05) is 12.5 Å². The Kier molecular flexibility index (Phi) is 3.97. The standard InChI is InChI=1S/C13H15ClFN3/c1-9(2)12-16-17-13(14)18(12)8-7-10-3-5-11(15)6-4-10/h3-6,9H,7-8H2,1-2H3. The molecule has 0 saturated heterocycles. The van der Waals surface area contributed by atoms with Crippen LogP contribution in [-0.4, -0.2) is 14.8 Å². The van der Waals surface area contributed by atoms with Gasteiger partial charge in [0.2, 0.25) is 5.28 Å². The summed E-state index contributed by atoms with van der Waals surface area (Å²) < 4.78 is 14.7. The fourth-order valence-corrected chi connectivity index (χ4v) is 2.03. The number of nitrogens with zero attached hydrogens (tertiary/aromatic N) is 3. The van der Waals surface area contributed by atoms with E-state index in [1.54, 1.807) is 12.1 Å². The van der Waals surface area contributed by atoms with E-state index >= 15 is 0 Å². The van der Waals surface area contributed by atoms with Crippen molar-refractivity contribution in [3.05, 3.63) is 46.8 Å². The summed E-state index contributed by atoms with van der Waals surface area (Å²) in [6.45, 7) is 4.80. The number of rotatable bonds is 4. The Morgan fingerprint density at radius 1 is 1.22 bits per heavy atom. The first-order valence-corrected chi connectivity index (χ1v) is 6.28. The number of hydrogen-bond acceptors (Lipinski definition) is 2. The lowest BCUT2D eigenvalue weighted by Gasteiger charge is -2.09. The average Bonchev–Trinajstić information content (AvgIpc) is 2.70. The summed E-state index contributed by atoms with van der Waals surface area (Å²) in [6.07, 6.45) is 0.776. The smallest absolute Gasteiger partial charge is 0.225 e. The van der Waals surface area contributed by atoms with Crippen molar-refractivity contribution in [3.8, 4) is 0 Å². The third-order valence-corrected chi connectivity index (χ3v) is 3.07. The molecule has 3 nitrogen and oxygen atoms in total. The van der Waals surface area contributed by atoms with Crippen molar-refractivity contribution < 1.29 is 4.39 Å². The van der Waals surface area contributed by atoms with Gasteiger partial charge < -0.3 is 4.57 Å². The van der Waals surface area contributed by atoms with Crippen LogP contribution in [0.15, 0.2) is 24.3 Å². The molecular formula is C13H15ClFN3. The number of benzene rings is 1. The van der Waals surface area contributed by atoms with Gasteiger partial charge in [0.1, 0.15) is 11.6 Å². The molecule has 2 rings (SSSR count). The van der Waals surface area contributed by atoms with Crippen LogP contribution in [-0.2, 0) is 13.0 Å². The highest BCUT2D eigenvalue weighted by molar-refractivity contribution is 6.28. The molecule has 0 unspecified atom stereocenters. The van der Waals surface area contributed by atoms with Gasteiger partial charge in [-0.25, -0.2) is 4.39 Å². The lowest BCUT2D eigenvalue weighted by atomic mass is 10.1. The fraction of sp³-hybridized carbons (Fsp3) is 0.385. The zero-order chi connectivity index (χ0) is 13.1. The van der Waals surface area contributed by atoms with E-state index in [1.807, 2.05) is 4.57 Å². The van der Waals surface area contributed by atoms with Crippen LogP contribution in [0.1, 0.15) is 31.2 Å². The Bertz CT molecular complexity index is 520. The first-order valence-electron chi connectivity index (χ1n) is 5.91. The maximum absolute atomic E-state index is 12.8. The van der Waals surface area contributed by atoms with Crippen LogP contribution in [0.4, 0.5) is 4.39 Å². The van der Waals surface area contributed by atoms with Gasteiger partial charge in [0.05, 0.1) is 0 Å². The lowest BCUT2D eigenvalue weighted by Crippen LogP contribution is -2.08. The molecule has 5 heteroatoms. The fourth-order valence-electron chi connectivity index (χ4n) is 1.82. The Labute approximate surface area is 111 Å². The van der Waals surface area contributed by atoms with Crippen molar-refractivity contribution in [1.29, 1.82) is 0 Å². The summed E-state index contributed by atoms with van der Waals surface area (Å²) >= 11 is 6.01. The molecule has 2 aromatic rings. The van der Waals surface area contributed by atoms with E-state index in [4.69, 9.17) is 11.6 Å². The van der Waals surface area contributed by atoms with Crippen molar-refractivity contribution in [2.24, 2.45) is 0 Å². The molecule has 0 bridgehead atoms. The number of aryl methyl sites for hydroxylation is 1. The second kappa shape index (κ2) is 5.48. The monoisotopic (exact) mass is 267 g/mol. The molecule has 0 spiro atoms. The molecule has 0 radical (unpaired) electrons. The summed E-state index contributed by atoms with van der Waals surface area (Å²) in [5.41, 5.74) is 1.07. The van der Waals surface area contributed by atoms with Gasteiger partial charge in [-0.3, -0.25) is 0 Å². The molecule has 0 aliphatic heterocycles. The maximum atomic E-state index is 12.8. The predicted molar refractivity (Wildman–Crippen MR) is 69.2 cm³/mol. The van der Waals surface area contributed by atoms with E-state index in [0.29, 0.717) is 11.8 Å². The van der Waals surface area contributed by atoms with E-state index in [2.05, 4.69) is 24.0 Å². The molecule has 96 valence electrons. The van der Waals surface area contributed by atoms with Crippen molar-refractivity contribution in [3.63, 3.8) is 0 Å². The van der Waals surface area contributed by atoms with Gasteiger partial charge in [-0.1, -0.05) is 26.0 Å². The summed E-state index contributed by atoms with van der Waals surface area (Å²) in [5.74, 6) is 0.935. The molecule has 0 fully saturated rings. The van der Waals surface area contributed by atoms with Crippen LogP contribution in [0.5, 0.6) is 0 Å². The van der Waals surface area contributed by atoms with Crippen molar-refractivity contribution in [1.82, 2.24) is 14.8 Å². The summed E-state index contributed by atoms with van der Waals surface area (Å²) in [4.78, 5) is 0. The minimum Gasteiger partial charge on any atom is -0.301 e. The third kappa shape index (κ3) is 2.88. The summed E-state index contributed by atoms with van der Waals surface area (Å²) in [6, 6.07) is 6.49. The minimum absolute atomic E-state index is 0.219. The molecule has 1 aromatic carbocycles. The highest BCUT2D eigenvalue weighted by Crippen LogP contribution is 2.17. The molecule has 18 heavy (non-hydrogen) atoms. The predicted octanol–water partition coefficient (Wildman–Crippen LogP) is 3.44. The molecule has 0 aliphatic rings.